The first-order chi connectivity index (χ1) is 8.13. The molecule has 0 aliphatic rings. The summed E-state index contributed by atoms with van der Waals surface area (Å²) in [6.07, 6.45) is 2.45. The summed E-state index contributed by atoms with van der Waals surface area (Å²) in [5.74, 6) is -0.0267. The lowest BCUT2D eigenvalue weighted by atomic mass is 10.1. The van der Waals surface area contributed by atoms with Crippen molar-refractivity contribution in [3.05, 3.63) is 34.3 Å². The Bertz CT molecular complexity index is 416. The topological polar surface area (TPSA) is 41.5 Å². The first-order valence-electron chi connectivity index (χ1n) is 5.72. The third kappa shape index (κ3) is 5.13. The van der Waals surface area contributed by atoms with Crippen molar-refractivity contribution in [2.45, 2.75) is 33.1 Å². The zero-order chi connectivity index (χ0) is 12.7. The highest BCUT2D eigenvalue weighted by Gasteiger charge is 2.01. The van der Waals surface area contributed by atoms with Gasteiger partial charge in [0.1, 0.15) is 0 Å². The van der Waals surface area contributed by atoms with Gasteiger partial charge in [0.2, 0.25) is 5.91 Å². The summed E-state index contributed by atoms with van der Waals surface area (Å²) in [6.45, 7) is 3.94. The van der Waals surface area contributed by atoms with E-state index in [1.165, 1.54) is 0 Å². The van der Waals surface area contributed by atoms with Crippen molar-refractivity contribution in [1.82, 2.24) is 5.43 Å². The van der Waals surface area contributed by atoms with Crippen LogP contribution in [0.5, 0.6) is 0 Å². The molecule has 3 nitrogen and oxygen atoms in total. The monoisotopic (exact) mass is 296 g/mol. The average molecular weight is 297 g/mol. The lowest BCUT2D eigenvalue weighted by Gasteiger charge is -2.03. The maximum absolute atomic E-state index is 11.4. The van der Waals surface area contributed by atoms with Crippen molar-refractivity contribution in [3.63, 3.8) is 0 Å². The second kappa shape index (κ2) is 7.22. The molecule has 0 spiro atoms. The van der Waals surface area contributed by atoms with Crippen molar-refractivity contribution in [2.75, 3.05) is 0 Å². The van der Waals surface area contributed by atoms with E-state index in [0.29, 0.717) is 6.42 Å². The van der Waals surface area contributed by atoms with Crippen LogP contribution in [0, 0.1) is 0 Å². The van der Waals surface area contributed by atoms with E-state index < -0.39 is 0 Å². The van der Waals surface area contributed by atoms with E-state index in [4.69, 9.17) is 0 Å². The van der Waals surface area contributed by atoms with E-state index in [0.717, 1.165) is 28.6 Å². The number of hydrazone groups is 1. The highest BCUT2D eigenvalue weighted by Crippen LogP contribution is 2.12. The quantitative estimate of drug-likeness (QED) is 0.656. The van der Waals surface area contributed by atoms with E-state index in [-0.39, 0.29) is 5.91 Å². The van der Waals surface area contributed by atoms with Gasteiger partial charge in [-0.2, -0.15) is 5.10 Å². The molecule has 0 unspecified atom stereocenters. The molecule has 4 heteroatoms. The van der Waals surface area contributed by atoms with E-state index in [1.807, 2.05) is 31.2 Å². The van der Waals surface area contributed by atoms with E-state index in [1.54, 1.807) is 0 Å². The Labute approximate surface area is 110 Å². The number of carbonyl (C=O) groups is 1. The average Bonchev–Trinajstić information content (AvgIpc) is 2.33. The van der Waals surface area contributed by atoms with Crippen molar-refractivity contribution in [2.24, 2.45) is 5.10 Å². The number of unbranched alkanes of at least 4 members (excludes halogenated alkanes) is 1. The molecule has 1 aromatic carbocycles. The molecular formula is C13H17BrN2O. The zero-order valence-corrected chi connectivity index (χ0v) is 11.8. The van der Waals surface area contributed by atoms with Gasteiger partial charge in [-0.15, -0.1) is 0 Å². The fourth-order valence-corrected chi connectivity index (χ4v) is 1.72. The number of hydrogen-bond donors (Lipinski definition) is 1. The molecule has 0 atom stereocenters. The Morgan fingerprint density at radius 3 is 2.88 bits per heavy atom. The smallest absolute Gasteiger partial charge is 0.240 e. The molecule has 1 amide bonds. The van der Waals surface area contributed by atoms with Gasteiger partial charge < -0.3 is 0 Å². The molecule has 0 radical (unpaired) electrons. The molecule has 0 saturated heterocycles. The predicted molar refractivity (Wildman–Crippen MR) is 74.0 cm³/mol. The zero-order valence-electron chi connectivity index (χ0n) is 10.2. The van der Waals surface area contributed by atoms with Crippen LogP contribution in [0.25, 0.3) is 0 Å². The largest absolute Gasteiger partial charge is 0.273 e. The maximum Gasteiger partial charge on any atom is 0.240 e. The third-order valence-electron chi connectivity index (χ3n) is 2.35. The third-order valence-corrected chi connectivity index (χ3v) is 2.84. The molecule has 0 aromatic heterocycles. The number of halogens is 1. The van der Waals surface area contributed by atoms with Gasteiger partial charge in [0.25, 0.3) is 0 Å². The Morgan fingerprint density at radius 1 is 1.47 bits per heavy atom. The van der Waals surface area contributed by atoms with Crippen LogP contribution in [0.1, 0.15) is 38.7 Å². The van der Waals surface area contributed by atoms with Crippen molar-refractivity contribution < 1.29 is 4.79 Å². The minimum atomic E-state index is -0.0267. The van der Waals surface area contributed by atoms with E-state index in [2.05, 4.69) is 33.4 Å². The molecule has 0 aliphatic carbocycles. The van der Waals surface area contributed by atoms with Crippen LogP contribution in [0.2, 0.25) is 0 Å². The standard InChI is InChI=1S/C13H17BrN2O/c1-3-4-8-13(17)16-15-10(2)11-6-5-7-12(14)9-11/h5-7,9H,3-4,8H2,1-2H3,(H,16,17)/b15-10+. The molecule has 1 rings (SSSR count). The maximum atomic E-state index is 11.4. The van der Waals surface area contributed by atoms with Crippen LogP contribution in [0.15, 0.2) is 33.8 Å². The van der Waals surface area contributed by atoms with Gasteiger partial charge in [-0.25, -0.2) is 5.43 Å². The molecule has 0 bridgehead atoms. The molecular weight excluding hydrogens is 280 g/mol. The van der Waals surface area contributed by atoms with Gasteiger partial charge in [0.15, 0.2) is 0 Å². The van der Waals surface area contributed by atoms with Crippen LogP contribution >= 0.6 is 15.9 Å². The number of rotatable bonds is 5. The molecule has 17 heavy (non-hydrogen) atoms. The van der Waals surface area contributed by atoms with Crippen LogP contribution in [-0.2, 0) is 4.79 Å². The number of nitrogens with zero attached hydrogens (tertiary/aromatic N) is 1. The Balaban J connectivity index is 2.57. The summed E-state index contributed by atoms with van der Waals surface area (Å²) >= 11 is 3.40. The molecule has 0 fully saturated rings. The summed E-state index contributed by atoms with van der Waals surface area (Å²) in [6, 6.07) is 7.83. The molecule has 1 aromatic rings. The minimum Gasteiger partial charge on any atom is -0.273 e. The van der Waals surface area contributed by atoms with Crippen LogP contribution in [-0.4, -0.2) is 11.6 Å². The van der Waals surface area contributed by atoms with E-state index in [9.17, 15) is 4.79 Å². The van der Waals surface area contributed by atoms with Crippen molar-refractivity contribution in [3.8, 4) is 0 Å². The number of carbonyl (C=O) groups excluding carboxylic acids is 1. The molecule has 0 aliphatic heterocycles. The number of nitrogens with one attached hydrogen (secondary N) is 1. The minimum absolute atomic E-state index is 0.0267. The van der Waals surface area contributed by atoms with Gasteiger partial charge in [0, 0.05) is 10.9 Å². The normalized spacial score (nSPS) is 11.4. The summed E-state index contributed by atoms with van der Waals surface area (Å²) in [7, 11) is 0. The molecule has 92 valence electrons. The fraction of sp³-hybridized carbons (Fsp3) is 0.385. The summed E-state index contributed by atoms with van der Waals surface area (Å²) in [5.41, 5.74) is 4.37. The predicted octanol–water partition coefficient (Wildman–Crippen LogP) is 3.48. The number of benzene rings is 1. The van der Waals surface area contributed by atoms with Crippen molar-refractivity contribution in [1.29, 1.82) is 0 Å². The van der Waals surface area contributed by atoms with Gasteiger partial charge in [0.05, 0.1) is 5.71 Å². The van der Waals surface area contributed by atoms with Gasteiger partial charge in [-0.1, -0.05) is 41.4 Å². The van der Waals surface area contributed by atoms with Crippen LogP contribution in [0.4, 0.5) is 0 Å². The first kappa shape index (κ1) is 13.9. The Kier molecular flexibility index (Phi) is 5.91. The van der Waals surface area contributed by atoms with E-state index >= 15 is 0 Å². The SMILES string of the molecule is CCCCC(=O)N/N=C(\C)c1cccc(Br)c1. The van der Waals surface area contributed by atoms with Crippen molar-refractivity contribution >= 4 is 27.5 Å². The Hall–Kier alpha value is -1.16. The van der Waals surface area contributed by atoms with Gasteiger partial charge >= 0.3 is 0 Å². The molecule has 0 heterocycles. The van der Waals surface area contributed by atoms with Gasteiger partial charge in [-0.05, 0) is 31.0 Å². The molecule has 1 N–H and O–H groups in total. The fourth-order valence-electron chi connectivity index (χ4n) is 1.32. The number of hydrogen-bond acceptors (Lipinski definition) is 2. The summed E-state index contributed by atoms with van der Waals surface area (Å²) in [4.78, 5) is 11.4. The second-order valence-corrected chi connectivity index (χ2v) is 4.76. The number of amides is 1. The molecule has 0 saturated carbocycles. The van der Waals surface area contributed by atoms with Crippen LogP contribution < -0.4 is 5.43 Å². The Morgan fingerprint density at radius 2 is 2.24 bits per heavy atom. The lowest BCUT2D eigenvalue weighted by molar-refractivity contribution is -0.121. The first-order valence-corrected chi connectivity index (χ1v) is 6.52. The highest BCUT2D eigenvalue weighted by molar-refractivity contribution is 9.10. The lowest BCUT2D eigenvalue weighted by Crippen LogP contribution is -2.18. The van der Waals surface area contributed by atoms with Crippen LogP contribution in [0.3, 0.4) is 0 Å². The summed E-state index contributed by atoms with van der Waals surface area (Å²) in [5, 5.41) is 4.08. The summed E-state index contributed by atoms with van der Waals surface area (Å²) < 4.78 is 1.00. The van der Waals surface area contributed by atoms with Gasteiger partial charge in [-0.3, -0.25) is 4.79 Å². The highest BCUT2D eigenvalue weighted by atomic mass is 79.9. The second-order valence-electron chi connectivity index (χ2n) is 3.85.